The van der Waals surface area contributed by atoms with Crippen LogP contribution in [0.5, 0.6) is 0 Å². The summed E-state index contributed by atoms with van der Waals surface area (Å²) in [5, 5.41) is 2.70. The van der Waals surface area contributed by atoms with Crippen molar-refractivity contribution in [3.05, 3.63) is 0 Å². The van der Waals surface area contributed by atoms with Crippen molar-refractivity contribution in [2.24, 2.45) is 11.8 Å². The molecule has 1 aliphatic rings. The molecule has 1 rings (SSSR count). The van der Waals surface area contributed by atoms with Crippen molar-refractivity contribution in [2.45, 2.75) is 110 Å². The van der Waals surface area contributed by atoms with Gasteiger partial charge in [0.25, 0.3) is 0 Å². The lowest BCUT2D eigenvalue weighted by atomic mass is 9.88. The lowest BCUT2D eigenvalue weighted by molar-refractivity contribution is -0.159. The van der Waals surface area contributed by atoms with E-state index in [1.54, 1.807) is 7.11 Å². The largest absolute Gasteiger partial charge is 0.460 e. The first-order valence-corrected chi connectivity index (χ1v) is 12.6. The third-order valence-electron chi connectivity index (χ3n) is 7.23. The normalized spacial score (nSPS) is 23.0. The number of amides is 2. The zero-order chi connectivity index (χ0) is 26.4. The first-order valence-electron chi connectivity index (χ1n) is 12.6. The molecule has 0 bridgehead atoms. The Morgan fingerprint density at radius 1 is 1.18 bits per heavy atom. The third kappa shape index (κ3) is 7.75. The molecule has 0 aromatic heterocycles. The highest BCUT2D eigenvalue weighted by atomic mass is 16.6. The van der Waals surface area contributed by atoms with Gasteiger partial charge in [-0.2, -0.15) is 0 Å². The van der Waals surface area contributed by atoms with Crippen molar-refractivity contribution in [3.8, 4) is 0 Å². The molecule has 0 saturated carbocycles. The van der Waals surface area contributed by atoms with E-state index in [2.05, 4.69) is 19.2 Å². The standard InChI is InChI=1S/C26H49N3O5/c1-12-18(4)22(19(33-11)16-20(30)34-25(5,6)7)29(10)21(17(2)3)23(31)27-24(32)26(8)14-13-15-28(26)9/h17-19,21-22H,12-16H2,1-11H3,(H,27,31,32)/t18-,19+,21-,22-,26+/m0/s1. The molecule has 2 amide bonds. The van der Waals surface area contributed by atoms with Gasteiger partial charge in [0, 0.05) is 13.2 Å². The summed E-state index contributed by atoms with van der Waals surface area (Å²) < 4.78 is 11.3. The number of imide groups is 1. The van der Waals surface area contributed by atoms with Crippen LogP contribution in [-0.2, 0) is 23.9 Å². The molecule has 1 fully saturated rings. The number of carbonyl (C=O) groups is 3. The Morgan fingerprint density at radius 2 is 1.76 bits per heavy atom. The van der Waals surface area contributed by atoms with E-state index in [1.807, 2.05) is 65.4 Å². The molecule has 8 nitrogen and oxygen atoms in total. The summed E-state index contributed by atoms with van der Waals surface area (Å²) in [7, 11) is 5.39. The van der Waals surface area contributed by atoms with Crippen molar-refractivity contribution in [1.29, 1.82) is 0 Å². The molecule has 0 unspecified atom stereocenters. The molecule has 0 aliphatic carbocycles. The van der Waals surface area contributed by atoms with E-state index < -0.39 is 23.3 Å². The second-order valence-electron chi connectivity index (χ2n) is 11.4. The highest BCUT2D eigenvalue weighted by Crippen LogP contribution is 2.29. The average Bonchev–Trinajstić information content (AvgIpc) is 3.05. The van der Waals surface area contributed by atoms with Gasteiger partial charge in [-0.05, 0) is 73.0 Å². The van der Waals surface area contributed by atoms with E-state index in [1.165, 1.54) is 0 Å². The van der Waals surface area contributed by atoms with Gasteiger partial charge in [-0.3, -0.25) is 29.5 Å². The van der Waals surface area contributed by atoms with Gasteiger partial charge in [0.15, 0.2) is 0 Å². The van der Waals surface area contributed by atoms with E-state index in [4.69, 9.17) is 9.47 Å². The Labute approximate surface area is 207 Å². The lowest BCUT2D eigenvalue weighted by Gasteiger charge is -2.42. The van der Waals surface area contributed by atoms with Gasteiger partial charge >= 0.3 is 5.97 Å². The fourth-order valence-electron chi connectivity index (χ4n) is 5.01. The Hall–Kier alpha value is -1.51. The number of hydrogen-bond donors (Lipinski definition) is 1. The fourth-order valence-corrected chi connectivity index (χ4v) is 5.01. The van der Waals surface area contributed by atoms with Gasteiger partial charge in [0.2, 0.25) is 11.8 Å². The predicted molar refractivity (Wildman–Crippen MR) is 134 cm³/mol. The number of ether oxygens (including phenoxy) is 2. The monoisotopic (exact) mass is 483 g/mol. The number of esters is 1. The number of nitrogens with one attached hydrogen (secondary N) is 1. The van der Waals surface area contributed by atoms with Crippen molar-refractivity contribution >= 4 is 17.8 Å². The minimum atomic E-state index is -0.683. The summed E-state index contributed by atoms with van der Waals surface area (Å²) in [5.74, 6) is -0.824. The summed E-state index contributed by atoms with van der Waals surface area (Å²) in [6.07, 6.45) is 2.12. The van der Waals surface area contributed by atoms with E-state index in [0.29, 0.717) is 0 Å². The Balaban J connectivity index is 3.15. The second kappa shape index (κ2) is 12.5. The van der Waals surface area contributed by atoms with E-state index in [9.17, 15) is 14.4 Å². The number of hydrogen-bond acceptors (Lipinski definition) is 7. The SMILES string of the molecule is CC[C@H](C)[C@@H]([C@@H](CC(=O)OC(C)(C)C)OC)N(C)[C@H](C(=O)NC(=O)[C@@]1(C)CCCN1C)C(C)C. The van der Waals surface area contributed by atoms with Gasteiger partial charge in [-0.15, -0.1) is 0 Å². The molecule has 1 aliphatic heterocycles. The quantitative estimate of drug-likeness (QED) is 0.451. The summed E-state index contributed by atoms with van der Waals surface area (Å²) >= 11 is 0. The van der Waals surface area contributed by atoms with Crippen LogP contribution in [0.25, 0.3) is 0 Å². The molecule has 5 atom stereocenters. The Kier molecular flexibility index (Phi) is 11.2. The molecule has 0 radical (unpaired) electrons. The first kappa shape index (κ1) is 30.5. The second-order valence-corrected chi connectivity index (χ2v) is 11.4. The van der Waals surface area contributed by atoms with E-state index >= 15 is 0 Å². The molecule has 8 heteroatoms. The van der Waals surface area contributed by atoms with Crippen molar-refractivity contribution < 1.29 is 23.9 Å². The summed E-state index contributed by atoms with van der Waals surface area (Å²) in [6.45, 7) is 16.3. The van der Waals surface area contributed by atoms with Crippen molar-refractivity contribution in [1.82, 2.24) is 15.1 Å². The van der Waals surface area contributed by atoms with Crippen LogP contribution >= 0.6 is 0 Å². The van der Waals surface area contributed by atoms with Crippen LogP contribution < -0.4 is 5.32 Å². The highest BCUT2D eigenvalue weighted by Gasteiger charge is 2.44. The third-order valence-corrected chi connectivity index (χ3v) is 7.23. The smallest absolute Gasteiger partial charge is 0.309 e. The summed E-state index contributed by atoms with van der Waals surface area (Å²) in [4.78, 5) is 43.1. The molecular formula is C26H49N3O5. The molecule has 0 aromatic rings. The summed E-state index contributed by atoms with van der Waals surface area (Å²) in [6, 6.07) is -0.782. The fraction of sp³-hybridized carbons (Fsp3) is 0.885. The zero-order valence-corrected chi connectivity index (χ0v) is 23.4. The molecule has 1 heterocycles. The topological polar surface area (TPSA) is 88.2 Å². The van der Waals surface area contributed by atoms with Crippen LogP contribution in [0.1, 0.15) is 81.1 Å². The molecule has 198 valence electrons. The van der Waals surface area contributed by atoms with Crippen LogP contribution in [-0.4, -0.2) is 84.7 Å². The number of nitrogens with zero attached hydrogens (tertiary/aromatic N) is 2. The first-order chi connectivity index (χ1) is 15.6. The number of likely N-dealkylation sites (N-methyl/N-ethyl adjacent to an activating group) is 2. The predicted octanol–water partition coefficient (Wildman–Crippen LogP) is 3.23. The van der Waals surface area contributed by atoms with Crippen LogP contribution in [0.15, 0.2) is 0 Å². The van der Waals surface area contributed by atoms with Gasteiger partial charge in [0.1, 0.15) is 5.60 Å². The van der Waals surface area contributed by atoms with Gasteiger partial charge in [-0.25, -0.2) is 0 Å². The maximum atomic E-state index is 13.5. The molecule has 0 spiro atoms. The van der Waals surface area contributed by atoms with Crippen molar-refractivity contribution in [2.75, 3.05) is 27.7 Å². The number of methoxy groups -OCH3 is 1. The van der Waals surface area contributed by atoms with Gasteiger partial charge in [0.05, 0.1) is 24.1 Å². The van der Waals surface area contributed by atoms with E-state index in [0.717, 1.165) is 25.8 Å². The van der Waals surface area contributed by atoms with Gasteiger partial charge in [-0.1, -0.05) is 34.1 Å². The average molecular weight is 484 g/mol. The zero-order valence-electron chi connectivity index (χ0n) is 23.4. The number of likely N-dealkylation sites (tertiary alicyclic amines) is 1. The number of carbonyl (C=O) groups excluding carboxylic acids is 3. The maximum Gasteiger partial charge on any atom is 0.309 e. The van der Waals surface area contributed by atoms with Crippen LogP contribution in [0.2, 0.25) is 0 Å². The number of rotatable bonds is 11. The van der Waals surface area contributed by atoms with Crippen LogP contribution in [0.4, 0.5) is 0 Å². The Morgan fingerprint density at radius 3 is 2.18 bits per heavy atom. The lowest BCUT2D eigenvalue weighted by Crippen LogP contribution is -2.61. The molecule has 34 heavy (non-hydrogen) atoms. The maximum absolute atomic E-state index is 13.5. The van der Waals surface area contributed by atoms with E-state index in [-0.39, 0.29) is 42.1 Å². The summed E-state index contributed by atoms with van der Waals surface area (Å²) in [5.41, 5.74) is -1.27. The molecule has 1 saturated heterocycles. The highest BCUT2D eigenvalue weighted by molar-refractivity contribution is 6.02. The minimum absolute atomic E-state index is 0.0579. The van der Waals surface area contributed by atoms with Crippen LogP contribution in [0, 0.1) is 11.8 Å². The van der Waals surface area contributed by atoms with Crippen molar-refractivity contribution in [3.63, 3.8) is 0 Å². The Bertz CT molecular complexity index is 705. The molecule has 0 aromatic carbocycles. The van der Waals surface area contributed by atoms with Gasteiger partial charge < -0.3 is 9.47 Å². The minimum Gasteiger partial charge on any atom is -0.460 e. The molecule has 1 N–H and O–H groups in total. The van der Waals surface area contributed by atoms with Crippen LogP contribution in [0.3, 0.4) is 0 Å². The molecular weight excluding hydrogens is 434 g/mol.